The highest BCUT2D eigenvalue weighted by molar-refractivity contribution is 7.89. The first-order valence-electron chi connectivity index (χ1n) is 10.3. The number of rotatable bonds is 5. The van der Waals surface area contributed by atoms with Gasteiger partial charge in [0.1, 0.15) is 0 Å². The van der Waals surface area contributed by atoms with Crippen LogP contribution in [0.5, 0.6) is 0 Å². The van der Waals surface area contributed by atoms with Gasteiger partial charge in [-0.15, -0.1) is 0 Å². The third-order valence-corrected chi connectivity index (χ3v) is 7.86. The molecule has 2 aliphatic rings. The average Bonchev–Trinajstić information content (AvgIpc) is 3.31. The van der Waals surface area contributed by atoms with Gasteiger partial charge >= 0.3 is 0 Å². The van der Waals surface area contributed by atoms with Crippen molar-refractivity contribution < 1.29 is 13.2 Å². The largest absolute Gasteiger partial charge is 0.309 e. The highest BCUT2D eigenvalue weighted by Gasteiger charge is 2.37. The molecule has 0 saturated heterocycles. The molecule has 1 fully saturated rings. The number of hydrogen-bond acceptors (Lipinski definition) is 3. The lowest BCUT2D eigenvalue weighted by molar-refractivity contribution is -0.116. The molecule has 0 spiro atoms. The van der Waals surface area contributed by atoms with Gasteiger partial charge in [-0.2, -0.15) is 0 Å². The fraction of sp³-hybridized carbons (Fsp3) is 0.435. The first kappa shape index (κ1) is 20.1. The van der Waals surface area contributed by atoms with E-state index in [1.54, 1.807) is 30.0 Å². The van der Waals surface area contributed by atoms with Gasteiger partial charge in [0.2, 0.25) is 15.9 Å². The molecule has 2 aromatic rings. The summed E-state index contributed by atoms with van der Waals surface area (Å²) in [6.07, 6.45) is 4.90. The van der Waals surface area contributed by atoms with E-state index < -0.39 is 10.0 Å². The maximum atomic E-state index is 13.1. The summed E-state index contributed by atoms with van der Waals surface area (Å²) >= 11 is 0. The molecule has 0 bridgehead atoms. The van der Waals surface area contributed by atoms with E-state index >= 15 is 0 Å². The number of nitrogens with zero attached hydrogens (tertiary/aromatic N) is 1. The number of carbonyl (C=O) groups is 1. The Morgan fingerprint density at radius 2 is 1.83 bits per heavy atom. The van der Waals surface area contributed by atoms with E-state index in [0.717, 1.165) is 36.9 Å². The number of amides is 1. The van der Waals surface area contributed by atoms with E-state index in [1.165, 1.54) is 5.56 Å². The van der Waals surface area contributed by atoms with Crippen molar-refractivity contribution in [1.82, 2.24) is 4.72 Å². The minimum atomic E-state index is -3.62. The number of carbonyl (C=O) groups excluding carboxylic acids is 1. The monoisotopic (exact) mass is 412 g/mol. The molecular weight excluding hydrogens is 384 g/mol. The topological polar surface area (TPSA) is 66.5 Å². The lowest BCUT2D eigenvalue weighted by atomic mass is 9.79. The highest BCUT2D eigenvalue weighted by atomic mass is 32.2. The van der Waals surface area contributed by atoms with Crippen LogP contribution in [0, 0.1) is 0 Å². The maximum absolute atomic E-state index is 13.1. The summed E-state index contributed by atoms with van der Waals surface area (Å²) < 4.78 is 29.0. The third-order valence-electron chi connectivity index (χ3n) is 6.46. The molecule has 2 aromatic carbocycles. The van der Waals surface area contributed by atoms with E-state index in [-0.39, 0.29) is 22.3 Å². The number of sulfonamides is 1. The summed E-state index contributed by atoms with van der Waals surface area (Å²) in [7, 11) is -3.62. The minimum Gasteiger partial charge on any atom is -0.309 e. The van der Waals surface area contributed by atoms with Crippen molar-refractivity contribution in [3.8, 4) is 0 Å². The molecule has 1 atom stereocenters. The Bertz CT molecular complexity index is 1010. The van der Waals surface area contributed by atoms with Gasteiger partial charge in [-0.05, 0) is 55.5 Å². The highest BCUT2D eigenvalue weighted by Crippen LogP contribution is 2.41. The molecule has 1 heterocycles. The van der Waals surface area contributed by atoms with E-state index in [2.05, 4.69) is 16.9 Å². The zero-order chi connectivity index (χ0) is 20.6. The van der Waals surface area contributed by atoms with Crippen LogP contribution in [-0.4, -0.2) is 26.9 Å². The fourth-order valence-corrected chi connectivity index (χ4v) is 6.16. The standard InChI is InChI=1S/C23H28N2O3S/c1-17-14-19-15-21(10-11-22(19)25(17)18(2)26)29(27,28)24-16-23(12-6-7-13-23)20-8-4-3-5-9-20/h3-5,8-11,15,17,24H,6-7,12-14,16H2,1-2H3. The van der Waals surface area contributed by atoms with E-state index in [9.17, 15) is 13.2 Å². The molecule has 1 aliphatic carbocycles. The van der Waals surface area contributed by atoms with E-state index in [4.69, 9.17) is 0 Å². The first-order valence-corrected chi connectivity index (χ1v) is 11.8. The third kappa shape index (κ3) is 3.71. The van der Waals surface area contributed by atoms with Crippen molar-refractivity contribution >= 4 is 21.6 Å². The Hall–Kier alpha value is -2.18. The van der Waals surface area contributed by atoms with Crippen LogP contribution in [0.2, 0.25) is 0 Å². The number of fused-ring (bicyclic) bond motifs is 1. The van der Waals surface area contributed by atoms with Gasteiger partial charge < -0.3 is 4.90 Å². The predicted octanol–water partition coefficient (Wildman–Crippen LogP) is 3.77. The number of nitrogens with one attached hydrogen (secondary N) is 1. The van der Waals surface area contributed by atoms with Crippen LogP contribution in [-0.2, 0) is 26.7 Å². The minimum absolute atomic E-state index is 0.0176. The summed E-state index contributed by atoms with van der Waals surface area (Å²) in [5, 5.41) is 0. The Morgan fingerprint density at radius 1 is 1.14 bits per heavy atom. The zero-order valence-electron chi connectivity index (χ0n) is 17.0. The Kier molecular flexibility index (Phi) is 5.25. The van der Waals surface area contributed by atoms with Gasteiger partial charge in [0.05, 0.1) is 4.90 Å². The molecule has 1 unspecified atom stereocenters. The maximum Gasteiger partial charge on any atom is 0.240 e. The molecule has 0 radical (unpaired) electrons. The van der Waals surface area contributed by atoms with Gasteiger partial charge in [0, 0.05) is 30.6 Å². The molecule has 29 heavy (non-hydrogen) atoms. The van der Waals surface area contributed by atoms with Crippen LogP contribution in [0.3, 0.4) is 0 Å². The van der Waals surface area contributed by atoms with Crippen molar-refractivity contribution in [1.29, 1.82) is 0 Å². The van der Waals surface area contributed by atoms with E-state index in [1.807, 2.05) is 25.1 Å². The van der Waals surface area contributed by atoms with Gasteiger partial charge in [-0.1, -0.05) is 43.2 Å². The molecule has 1 aliphatic heterocycles. The lowest BCUT2D eigenvalue weighted by Gasteiger charge is -2.30. The van der Waals surface area contributed by atoms with Crippen molar-refractivity contribution in [2.24, 2.45) is 0 Å². The number of hydrogen-bond donors (Lipinski definition) is 1. The van der Waals surface area contributed by atoms with Gasteiger partial charge in [-0.25, -0.2) is 13.1 Å². The van der Waals surface area contributed by atoms with Crippen LogP contribution >= 0.6 is 0 Å². The predicted molar refractivity (Wildman–Crippen MR) is 115 cm³/mol. The molecule has 4 rings (SSSR count). The number of anilines is 1. The molecule has 6 heteroatoms. The van der Waals surface area contributed by atoms with Crippen LogP contribution in [0.25, 0.3) is 0 Å². The summed E-state index contributed by atoms with van der Waals surface area (Å²) in [6.45, 7) is 3.94. The van der Waals surface area contributed by atoms with Crippen LogP contribution in [0.4, 0.5) is 5.69 Å². The second-order valence-corrected chi connectivity index (χ2v) is 10.2. The Labute approximate surface area is 173 Å². The summed E-state index contributed by atoms with van der Waals surface area (Å²) in [4.78, 5) is 13.9. The second kappa shape index (κ2) is 7.58. The first-order chi connectivity index (χ1) is 13.8. The molecular formula is C23H28N2O3S. The second-order valence-electron chi connectivity index (χ2n) is 8.41. The Morgan fingerprint density at radius 3 is 2.48 bits per heavy atom. The van der Waals surface area contributed by atoms with E-state index in [0.29, 0.717) is 13.0 Å². The Balaban J connectivity index is 1.57. The van der Waals surface area contributed by atoms with Crippen molar-refractivity contribution in [3.05, 3.63) is 59.7 Å². The van der Waals surface area contributed by atoms with Crippen LogP contribution in [0.15, 0.2) is 53.4 Å². The molecule has 1 amide bonds. The van der Waals surface area contributed by atoms with Gasteiger partial charge in [0.25, 0.3) is 0 Å². The molecule has 1 saturated carbocycles. The van der Waals surface area contributed by atoms with Crippen molar-refractivity contribution in [3.63, 3.8) is 0 Å². The summed E-state index contributed by atoms with van der Waals surface area (Å²) in [5.41, 5.74) is 2.81. The van der Waals surface area contributed by atoms with Crippen molar-refractivity contribution in [2.75, 3.05) is 11.4 Å². The molecule has 154 valence electrons. The average molecular weight is 413 g/mol. The quantitative estimate of drug-likeness (QED) is 0.813. The van der Waals surface area contributed by atoms with Gasteiger partial charge in [-0.3, -0.25) is 4.79 Å². The van der Waals surface area contributed by atoms with Crippen molar-refractivity contribution in [2.45, 2.75) is 62.3 Å². The molecule has 1 N–H and O–H groups in total. The summed E-state index contributed by atoms with van der Waals surface area (Å²) in [5.74, 6) is -0.0176. The van der Waals surface area contributed by atoms with Crippen LogP contribution < -0.4 is 9.62 Å². The SMILES string of the molecule is CC(=O)N1c2ccc(S(=O)(=O)NCC3(c4ccccc4)CCCC3)cc2CC1C. The van der Waals surface area contributed by atoms with Crippen LogP contribution in [0.1, 0.15) is 50.7 Å². The number of benzene rings is 2. The normalized spacial score (nSPS) is 20.6. The molecule has 5 nitrogen and oxygen atoms in total. The fourth-order valence-electron chi connectivity index (χ4n) is 4.98. The van der Waals surface area contributed by atoms with Gasteiger partial charge in [0.15, 0.2) is 0 Å². The zero-order valence-corrected chi connectivity index (χ0v) is 17.8. The molecule has 0 aromatic heterocycles. The summed E-state index contributed by atoms with van der Waals surface area (Å²) in [6, 6.07) is 15.4. The lowest BCUT2D eigenvalue weighted by Crippen LogP contribution is -2.39. The smallest absolute Gasteiger partial charge is 0.240 e.